The summed E-state index contributed by atoms with van der Waals surface area (Å²) in [4.78, 5) is 11.6. The molecule has 0 bridgehead atoms. The van der Waals surface area contributed by atoms with E-state index in [1.54, 1.807) is 18.2 Å². The van der Waals surface area contributed by atoms with E-state index in [0.29, 0.717) is 24.2 Å². The van der Waals surface area contributed by atoms with E-state index in [9.17, 15) is 4.79 Å². The maximum Gasteiger partial charge on any atom is 0.221 e. The van der Waals surface area contributed by atoms with Gasteiger partial charge in [-0.1, -0.05) is 6.92 Å². The standard InChI is InChI=1S/C14H20N4O/c1-3-10(2)18-14(19)6-7-17-12-4-5-13(16)11(8-12)9-15/h4-5,8,10,17H,3,6-7,16H2,1-2H3,(H,18,19). The highest BCUT2D eigenvalue weighted by atomic mass is 16.1. The average Bonchev–Trinajstić information content (AvgIpc) is 2.40. The molecule has 0 spiro atoms. The summed E-state index contributed by atoms with van der Waals surface area (Å²) in [6.45, 7) is 4.53. The number of carbonyl (C=O) groups excluding carboxylic acids is 1. The van der Waals surface area contributed by atoms with E-state index in [1.807, 2.05) is 19.9 Å². The van der Waals surface area contributed by atoms with Gasteiger partial charge in [-0.15, -0.1) is 0 Å². The number of nitriles is 1. The lowest BCUT2D eigenvalue weighted by Gasteiger charge is -2.12. The fourth-order valence-corrected chi connectivity index (χ4v) is 1.53. The SMILES string of the molecule is CCC(C)NC(=O)CCNc1ccc(N)c(C#N)c1. The zero-order valence-electron chi connectivity index (χ0n) is 11.4. The molecule has 5 nitrogen and oxygen atoms in total. The summed E-state index contributed by atoms with van der Waals surface area (Å²) in [6.07, 6.45) is 1.32. The Morgan fingerprint density at radius 3 is 2.89 bits per heavy atom. The Balaban J connectivity index is 2.41. The van der Waals surface area contributed by atoms with Gasteiger partial charge < -0.3 is 16.4 Å². The Hall–Kier alpha value is -2.22. The van der Waals surface area contributed by atoms with Gasteiger partial charge in [-0.05, 0) is 31.5 Å². The van der Waals surface area contributed by atoms with Crippen molar-refractivity contribution in [3.8, 4) is 6.07 Å². The van der Waals surface area contributed by atoms with E-state index in [1.165, 1.54) is 0 Å². The topological polar surface area (TPSA) is 90.9 Å². The lowest BCUT2D eigenvalue weighted by atomic mass is 10.2. The Morgan fingerprint density at radius 2 is 2.26 bits per heavy atom. The molecule has 102 valence electrons. The Labute approximate surface area is 113 Å². The maximum absolute atomic E-state index is 11.6. The number of nitrogens with two attached hydrogens (primary N) is 1. The van der Waals surface area contributed by atoms with E-state index >= 15 is 0 Å². The minimum Gasteiger partial charge on any atom is -0.398 e. The minimum absolute atomic E-state index is 0.0257. The van der Waals surface area contributed by atoms with Gasteiger partial charge in [0.25, 0.3) is 0 Å². The first-order valence-corrected chi connectivity index (χ1v) is 6.39. The molecule has 5 heteroatoms. The molecule has 1 rings (SSSR count). The zero-order valence-corrected chi connectivity index (χ0v) is 11.4. The van der Waals surface area contributed by atoms with Crippen LogP contribution in [0.2, 0.25) is 0 Å². The van der Waals surface area contributed by atoms with E-state index in [-0.39, 0.29) is 11.9 Å². The van der Waals surface area contributed by atoms with Gasteiger partial charge >= 0.3 is 0 Å². The van der Waals surface area contributed by atoms with Crippen LogP contribution in [0.25, 0.3) is 0 Å². The summed E-state index contributed by atoms with van der Waals surface area (Å²) in [5.74, 6) is 0.0257. The molecule has 1 aromatic carbocycles. The van der Waals surface area contributed by atoms with Gasteiger partial charge in [0.2, 0.25) is 5.91 Å². The fourth-order valence-electron chi connectivity index (χ4n) is 1.53. The Morgan fingerprint density at radius 1 is 1.53 bits per heavy atom. The maximum atomic E-state index is 11.6. The normalized spacial score (nSPS) is 11.4. The van der Waals surface area contributed by atoms with Crippen molar-refractivity contribution in [1.82, 2.24) is 5.32 Å². The summed E-state index contributed by atoms with van der Waals surface area (Å²) in [5.41, 5.74) is 7.33. The molecule has 0 radical (unpaired) electrons. The molecule has 0 saturated carbocycles. The molecule has 0 fully saturated rings. The third-order valence-electron chi connectivity index (χ3n) is 2.87. The van der Waals surface area contributed by atoms with Crippen molar-refractivity contribution >= 4 is 17.3 Å². The van der Waals surface area contributed by atoms with Gasteiger partial charge in [0.05, 0.1) is 5.56 Å². The molecule has 0 aliphatic heterocycles. The molecule has 4 N–H and O–H groups in total. The van der Waals surface area contributed by atoms with Crippen molar-refractivity contribution in [3.05, 3.63) is 23.8 Å². The number of nitrogen functional groups attached to an aromatic ring is 1. The van der Waals surface area contributed by atoms with Crippen LogP contribution in [-0.2, 0) is 4.79 Å². The molecule has 1 amide bonds. The van der Waals surface area contributed by atoms with Crippen LogP contribution < -0.4 is 16.4 Å². The van der Waals surface area contributed by atoms with E-state index < -0.39 is 0 Å². The molecule has 0 saturated heterocycles. The second kappa shape index (κ2) is 7.27. The number of rotatable bonds is 6. The van der Waals surface area contributed by atoms with Crippen molar-refractivity contribution in [3.63, 3.8) is 0 Å². The minimum atomic E-state index is 0.0257. The number of hydrogen-bond donors (Lipinski definition) is 3. The second-order valence-electron chi connectivity index (χ2n) is 4.47. The van der Waals surface area contributed by atoms with Crippen molar-refractivity contribution < 1.29 is 4.79 Å². The van der Waals surface area contributed by atoms with Crippen LogP contribution in [-0.4, -0.2) is 18.5 Å². The highest BCUT2D eigenvalue weighted by molar-refractivity contribution is 5.76. The van der Waals surface area contributed by atoms with Gasteiger partial charge in [0, 0.05) is 30.4 Å². The third kappa shape index (κ3) is 4.88. The van der Waals surface area contributed by atoms with Gasteiger partial charge in [-0.25, -0.2) is 0 Å². The molecule has 0 heterocycles. The summed E-state index contributed by atoms with van der Waals surface area (Å²) in [7, 11) is 0. The molecule has 1 aromatic rings. The van der Waals surface area contributed by atoms with E-state index in [2.05, 4.69) is 10.6 Å². The predicted molar refractivity (Wildman–Crippen MR) is 76.6 cm³/mol. The van der Waals surface area contributed by atoms with Crippen LogP contribution in [0.3, 0.4) is 0 Å². The lowest BCUT2D eigenvalue weighted by Crippen LogP contribution is -2.32. The second-order valence-corrected chi connectivity index (χ2v) is 4.47. The number of carbonyl (C=O) groups is 1. The van der Waals surface area contributed by atoms with Crippen molar-refractivity contribution in [2.75, 3.05) is 17.6 Å². The van der Waals surface area contributed by atoms with Crippen molar-refractivity contribution in [2.45, 2.75) is 32.7 Å². The summed E-state index contributed by atoms with van der Waals surface area (Å²) >= 11 is 0. The quantitative estimate of drug-likeness (QED) is 0.681. The first-order valence-electron chi connectivity index (χ1n) is 6.39. The Kier molecular flexibility index (Phi) is 5.68. The number of nitrogens with zero attached hydrogens (tertiary/aromatic N) is 1. The monoisotopic (exact) mass is 260 g/mol. The number of nitrogens with one attached hydrogen (secondary N) is 2. The highest BCUT2D eigenvalue weighted by Gasteiger charge is 2.05. The average molecular weight is 260 g/mol. The molecule has 0 aliphatic rings. The molecule has 1 atom stereocenters. The van der Waals surface area contributed by atoms with E-state index in [4.69, 9.17) is 11.0 Å². The first kappa shape index (κ1) is 14.8. The molecule has 0 aliphatic carbocycles. The largest absolute Gasteiger partial charge is 0.398 e. The summed E-state index contributed by atoms with van der Waals surface area (Å²) < 4.78 is 0. The van der Waals surface area contributed by atoms with Crippen LogP contribution in [0, 0.1) is 11.3 Å². The number of benzene rings is 1. The van der Waals surface area contributed by atoms with Crippen LogP contribution in [0.4, 0.5) is 11.4 Å². The van der Waals surface area contributed by atoms with Gasteiger partial charge in [0.1, 0.15) is 6.07 Å². The smallest absolute Gasteiger partial charge is 0.221 e. The van der Waals surface area contributed by atoms with Crippen molar-refractivity contribution in [1.29, 1.82) is 5.26 Å². The first-order chi connectivity index (χ1) is 9.06. The predicted octanol–water partition coefficient (Wildman–Crippen LogP) is 1.86. The lowest BCUT2D eigenvalue weighted by molar-refractivity contribution is -0.121. The van der Waals surface area contributed by atoms with Crippen molar-refractivity contribution in [2.24, 2.45) is 0 Å². The van der Waals surface area contributed by atoms with Gasteiger partial charge in [0.15, 0.2) is 0 Å². The Bertz CT molecular complexity index is 479. The highest BCUT2D eigenvalue weighted by Crippen LogP contribution is 2.16. The molecule has 0 aromatic heterocycles. The van der Waals surface area contributed by atoms with Gasteiger partial charge in [-0.3, -0.25) is 4.79 Å². The van der Waals surface area contributed by atoms with Crippen LogP contribution in [0.15, 0.2) is 18.2 Å². The zero-order chi connectivity index (χ0) is 14.3. The molecule has 19 heavy (non-hydrogen) atoms. The number of hydrogen-bond acceptors (Lipinski definition) is 4. The number of anilines is 2. The van der Waals surface area contributed by atoms with E-state index in [0.717, 1.165) is 12.1 Å². The van der Waals surface area contributed by atoms with Gasteiger partial charge in [-0.2, -0.15) is 5.26 Å². The van der Waals surface area contributed by atoms with Crippen LogP contribution in [0.5, 0.6) is 0 Å². The third-order valence-corrected chi connectivity index (χ3v) is 2.87. The fraction of sp³-hybridized carbons (Fsp3) is 0.429. The summed E-state index contributed by atoms with van der Waals surface area (Å²) in [6, 6.07) is 7.38. The summed E-state index contributed by atoms with van der Waals surface area (Å²) in [5, 5.41) is 14.9. The van der Waals surface area contributed by atoms with Crippen LogP contribution in [0.1, 0.15) is 32.3 Å². The molecule has 1 unspecified atom stereocenters. The number of amides is 1. The van der Waals surface area contributed by atoms with Crippen LogP contribution >= 0.6 is 0 Å². The molecular formula is C14H20N4O. The molecular weight excluding hydrogens is 240 g/mol.